The van der Waals surface area contributed by atoms with Crippen molar-refractivity contribution in [3.63, 3.8) is 0 Å². The average molecular weight is 503 g/mol. The van der Waals surface area contributed by atoms with Crippen LogP contribution in [0.3, 0.4) is 0 Å². The first-order valence-electron chi connectivity index (χ1n) is 10.9. The highest BCUT2D eigenvalue weighted by atomic mass is 35.5. The zero-order valence-electron chi connectivity index (χ0n) is 18.3. The van der Waals surface area contributed by atoms with Crippen molar-refractivity contribution in [2.45, 2.75) is 24.6 Å². The molecule has 7 nitrogen and oxygen atoms in total. The third kappa shape index (κ3) is 3.35. The number of nitrogens with zero attached hydrogens (tertiary/aromatic N) is 4. The van der Waals surface area contributed by atoms with Gasteiger partial charge in [-0.2, -0.15) is 13.2 Å². The number of pyridine rings is 2. The van der Waals surface area contributed by atoms with Crippen molar-refractivity contribution in [1.29, 1.82) is 0 Å². The zero-order valence-corrected chi connectivity index (χ0v) is 19.1. The molecular formula is C24H18ClF3N4O3. The van der Waals surface area contributed by atoms with Crippen molar-refractivity contribution in [2.75, 3.05) is 13.7 Å². The van der Waals surface area contributed by atoms with Gasteiger partial charge < -0.3 is 14.6 Å². The van der Waals surface area contributed by atoms with E-state index in [-0.39, 0.29) is 27.8 Å². The van der Waals surface area contributed by atoms with Gasteiger partial charge in [0.15, 0.2) is 5.60 Å². The Bertz CT molecular complexity index is 1490. The van der Waals surface area contributed by atoms with E-state index >= 15 is 0 Å². The molecule has 4 aromatic rings. The maximum absolute atomic E-state index is 13.3. The number of fused-ring (bicyclic) bond motifs is 4. The van der Waals surface area contributed by atoms with Crippen LogP contribution >= 0.6 is 11.6 Å². The standard InChI is InChI=1S/C24H18ClF3N4O3/c1-34-22-21(35-10-12-2-3-12)20(25)14-6-13(4-5-16(14)31-22)23(33)15-8-30-18(24(26,27)28)7-17(15)32-11-29-9-19(23)32/h4-9,11-12,33H,2-3,10H2,1H3. The van der Waals surface area contributed by atoms with Crippen molar-refractivity contribution in [1.82, 2.24) is 19.5 Å². The molecule has 0 bridgehead atoms. The van der Waals surface area contributed by atoms with Crippen molar-refractivity contribution < 1.29 is 27.8 Å². The van der Waals surface area contributed by atoms with E-state index in [1.165, 1.54) is 24.2 Å². The van der Waals surface area contributed by atoms with Gasteiger partial charge in [-0.3, -0.25) is 9.55 Å². The first kappa shape index (κ1) is 22.1. The van der Waals surface area contributed by atoms with E-state index in [2.05, 4.69) is 15.0 Å². The number of ether oxygens (including phenoxy) is 2. The number of rotatable bonds is 5. The second-order valence-corrected chi connectivity index (χ2v) is 9.07. The molecule has 180 valence electrons. The molecular weight excluding hydrogens is 485 g/mol. The third-order valence-corrected chi connectivity index (χ3v) is 6.83. The summed E-state index contributed by atoms with van der Waals surface area (Å²) in [7, 11) is 1.48. The highest BCUT2D eigenvalue weighted by molar-refractivity contribution is 6.37. The summed E-state index contributed by atoms with van der Waals surface area (Å²) in [5.74, 6) is 1.04. The number of hydrogen-bond acceptors (Lipinski definition) is 6. The normalized spacial score (nSPS) is 19.0. The van der Waals surface area contributed by atoms with Crippen molar-refractivity contribution in [3.05, 3.63) is 70.5 Å². The van der Waals surface area contributed by atoms with Crippen LogP contribution < -0.4 is 9.47 Å². The molecule has 1 aromatic carbocycles. The van der Waals surface area contributed by atoms with Gasteiger partial charge in [-0.05, 0) is 42.5 Å². The molecule has 1 unspecified atom stereocenters. The fraction of sp³-hybridized carbons (Fsp3) is 0.292. The monoisotopic (exact) mass is 502 g/mol. The lowest BCUT2D eigenvalue weighted by molar-refractivity contribution is -0.141. The van der Waals surface area contributed by atoms with Gasteiger partial charge in [0.25, 0.3) is 5.88 Å². The van der Waals surface area contributed by atoms with Gasteiger partial charge in [0.05, 0.1) is 48.2 Å². The predicted molar refractivity (Wildman–Crippen MR) is 120 cm³/mol. The first-order valence-corrected chi connectivity index (χ1v) is 11.2. The quantitative estimate of drug-likeness (QED) is 0.419. The topological polar surface area (TPSA) is 82.3 Å². The molecule has 0 spiro atoms. The van der Waals surface area contributed by atoms with Gasteiger partial charge in [-0.25, -0.2) is 9.97 Å². The molecule has 35 heavy (non-hydrogen) atoms. The highest BCUT2D eigenvalue weighted by Gasteiger charge is 2.46. The molecule has 2 aliphatic rings. The molecule has 1 atom stereocenters. The molecule has 11 heteroatoms. The van der Waals surface area contributed by atoms with Crippen LogP contribution in [-0.2, 0) is 11.8 Å². The summed E-state index contributed by atoms with van der Waals surface area (Å²) in [5.41, 5.74) is -1.36. The Morgan fingerprint density at radius 1 is 1.23 bits per heavy atom. The highest BCUT2D eigenvalue weighted by Crippen LogP contribution is 2.48. The molecule has 1 saturated carbocycles. The van der Waals surface area contributed by atoms with Gasteiger partial charge in [0.2, 0.25) is 5.75 Å². The number of hydrogen-bond donors (Lipinski definition) is 1. The molecule has 1 aliphatic carbocycles. The summed E-state index contributed by atoms with van der Waals surface area (Å²) in [6.07, 6.45) is 1.37. The second kappa shape index (κ2) is 7.56. The lowest BCUT2D eigenvalue weighted by Crippen LogP contribution is -2.26. The Balaban J connectivity index is 1.52. The number of halogens is 4. The minimum absolute atomic E-state index is 0.148. The Morgan fingerprint density at radius 3 is 2.74 bits per heavy atom. The molecule has 0 saturated heterocycles. The fourth-order valence-electron chi connectivity index (χ4n) is 4.43. The lowest BCUT2D eigenvalue weighted by Gasteiger charge is -2.25. The lowest BCUT2D eigenvalue weighted by atomic mass is 9.85. The van der Waals surface area contributed by atoms with Crippen molar-refractivity contribution in [2.24, 2.45) is 5.92 Å². The van der Waals surface area contributed by atoms with Crippen LogP contribution in [0.5, 0.6) is 11.6 Å². The molecule has 4 heterocycles. The fourth-order valence-corrected chi connectivity index (χ4v) is 4.72. The van der Waals surface area contributed by atoms with E-state index in [4.69, 9.17) is 21.1 Å². The van der Waals surface area contributed by atoms with E-state index in [9.17, 15) is 18.3 Å². The summed E-state index contributed by atoms with van der Waals surface area (Å²) in [6.45, 7) is 0.493. The van der Waals surface area contributed by atoms with E-state index < -0.39 is 17.5 Å². The minimum Gasteiger partial charge on any atom is -0.486 e. The van der Waals surface area contributed by atoms with Crippen LogP contribution in [-0.4, -0.2) is 38.3 Å². The number of benzene rings is 1. The van der Waals surface area contributed by atoms with Gasteiger partial charge in [-0.1, -0.05) is 17.7 Å². The van der Waals surface area contributed by atoms with Gasteiger partial charge >= 0.3 is 6.18 Å². The van der Waals surface area contributed by atoms with Crippen molar-refractivity contribution in [3.8, 4) is 17.3 Å². The molecule has 0 amide bonds. The predicted octanol–water partition coefficient (Wildman–Crippen LogP) is 4.88. The van der Waals surface area contributed by atoms with Crippen LogP contribution in [0.15, 0.2) is 43.0 Å². The molecule has 1 fully saturated rings. The number of methoxy groups -OCH3 is 1. The molecule has 3 aromatic heterocycles. The molecule has 0 radical (unpaired) electrons. The number of imidazole rings is 1. The summed E-state index contributed by atoms with van der Waals surface area (Å²) >= 11 is 6.72. The minimum atomic E-state index is -4.63. The van der Waals surface area contributed by atoms with Crippen LogP contribution in [0.4, 0.5) is 13.2 Å². The summed E-state index contributed by atoms with van der Waals surface area (Å²) in [5, 5.41) is 12.7. The average Bonchev–Trinajstić information content (AvgIpc) is 3.47. The van der Waals surface area contributed by atoms with Crippen molar-refractivity contribution >= 4 is 22.5 Å². The first-order chi connectivity index (χ1) is 16.7. The van der Waals surface area contributed by atoms with E-state index in [0.717, 1.165) is 25.1 Å². The number of aliphatic hydroxyl groups is 1. The molecule has 1 N–H and O–H groups in total. The summed E-state index contributed by atoms with van der Waals surface area (Å²) in [4.78, 5) is 12.1. The summed E-state index contributed by atoms with van der Waals surface area (Å²) < 4.78 is 52.7. The van der Waals surface area contributed by atoms with Gasteiger partial charge in [0, 0.05) is 17.1 Å². The van der Waals surface area contributed by atoms with E-state index in [1.54, 1.807) is 18.2 Å². The van der Waals surface area contributed by atoms with Crippen LogP contribution in [0.25, 0.3) is 16.6 Å². The number of alkyl halides is 3. The Hall–Kier alpha value is -3.37. The van der Waals surface area contributed by atoms with Gasteiger partial charge in [0.1, 0.15) is 5.69 Å². The zero-order chi connectivity index (χ0) is 24.5. The maximum atomic E-state index is 13.3. The third-order valence-electron chi connectivity index (χ3n) is 6.45. The Labute approximate surface area is 202 Å². The molecule has 6 rings (SSSR count). The second-order valence-electron chi connectivity index (χ2n) is 8.69. The van der Waals surface area contributed by atoms with E-state index in [0.29, 0.717) is 34.7 Å². The smallest absolute Gasteiger partial charge is 0.433 e. The van der Waals surface area contributed by atoms with Crippen LogP contribution in [0, 0.1) is 5.92 Å². The Morgan fingerprint density at radius 2 is 2.03 bits per heavy atom. The van der Waals surface area contributed by atoms with Gasteiger partial charge in [-0.15, -0.1) is 0 Å². The largest absolute Gasteiger partial charge is 0.486 e. The van der Waals surface area contributed by atoms with E-state index in [1.807, 2.05) is 0 Å². The Kier molecular flexibility index (Phi) is 4.78. The molecule has 1 aliphatic heterocycles. The number of aromatic nitrogens is 4. The van der Waals surface area contributed by atoms with Crippen LogP contribution in [0.1, 0.15) is 35.4 Å². The summed E-state index contributed by atoms with van der Waals surface area (Å²) in [6, 6.07) is 5.86. The SMILES string of the molecule is COc1nc2ccc(C3(O)c4cnc(C(F)(F)F)cc4-n4cncc43)cc2c(Cl)c1OCC1CC1. The maximum Gasteiger partial charge on any atom is 0.433 e. The van der Waals surface area contributed by atoms with Crippen LogP contribution in [0.2, 0.25) is 5.02 Å².